The largest absolute Gasteiger partial charge is 0.508 e. The average Bonchev–Trinajstić information content (AvgIpc) is 2.88. The van der Waals surface area contributed by atoms with Crippen LogP contribution in [-0.4, -0.2) is 20.0 Å². The van der Waals surface area contributed by atoms with Gasteiger partial charge in [-0.1, -0.05) is 6.07 Å². The van der Waals surface area contributed by atoms with Gasteiger partial charge in [-0.15, -0.1) is 0 Å². The monoisotopic (exact) mass is 268 g/mol. The van der Waals surface area contributed by atoms with Crippen molar-refractivity contribution in [3.8, 4) is 28.7 Å². The van der Waals surface area contributed by atoms with Crippen LogP contribution in [0.2, 0.25) is 0 Å². The molecule has 3 rings (SSSR count). The van der Waals surface area contributed by atoms with Crippen LogP contribution >= 0.6 is 0 Å². The summed E-state index contributed by atoms with van der Waals surface area (Å²) in [5.41, 5.74) is 0.813. The second-order valence-corrected chi connectivity index (χ2v) is 4.24. The molecule has 0 unspecified atom stereocenters. The van der Waals surface area contributed by atoms with Crippen molar-refractivity contribution in [1.82, 2.24) is 9.78 Å². The van der Waals surface area contributed by atoms with Crippen molar-refractivity contribution in [2.45, 2.75) is 0 Å². The minimum Gasteiger partial charge on any atom is -0.508 e. The number of aromatic hydroxyl groups is 2. The molecule has 0 fully saturated rings. The highest BCUT2D eigenvalue weighted by molar-refractivity contribution is 5.38. The summed E-state index contributed by atoms with van der Waals surface area (Å²) in [4.78, 5) is 0. The fraction of sp³-hybridized carbons (Fsp3) is 0. The molecule has 2 aromatic carbocycles. The number of nitrogens with zero attached hydrogens (tertiary/aromatic N) is 2. The Morgan fingerprint density at radius 3 is 2.45 bits per heavy atom. The summed E-state index contributed by atoms with van der Waals surface area (Å²) in [6.07, 6.45) is 3.30. The van der Waals surface area contributed by atoms with E-state index >= 15 is 0 Å². The number of ether oxygens (including phenoxy) is 1. The highest BCUT2D eigenvalue weighted by atomic mass is 16.5. The molecule has 100 valence electrons. The van der Waals surface area contributed by atoms with Crippen molar-refractivity contribution in [2.75, 3.05) is 0 Å². The quantitative estimate of drug-likeness (QED) is 0.766. The fourth-order valence-electron chi connectivity index (χ4n) is 1.79. The molecule has 20 heavy (non-hydrogen) atoms. The molecule has 0 atom stereocenters. The van der Waals surface area contributed by atoms with Gasteiger partial charge in [0.05, 0.1) is 18.1 Å². The van der Waals surface area contributed by atoms with Gasteiger partial charge in [-0.05, 0) is 36.4 Å². The summed E-state index contributed by atoms with van der Waals surface area (Å²) in [6, 6.07) is 13.2. The lowest BCUT2D eigenvalue weighted by Crippen LogP contribution is -1.92. The van der Waals surface area contributed by atoms with Gasteiger partial charge in [0.15, 0.2) is 5.75 Å². The van der Waals surface area contributed by atoms with Crippen molar-refractivity contribution in [3.63, 3.8) is 0 Å². The summed E-state index contributed by atoms with van der Waals surface area (Å²) in [6.45, 7) is 0. The Morgan fingerprint density at radius 1 is 0.900 bits per heavy atom. The van der Waals surface area contributed by atoms with Crippen LogP contribution in [0.4, 0.5) is 0 Å². The second-order valence-electron chi connectivity index (χ2n) is 4.24. The van der Waals surface area contributed by atoms with Gasteiger partial charge in [0.25, 0.3) is 0 Å². The minimum atomic E-state index is 0.147. The molecule has 2 N–H and O–H groups in total. The number of hydrogen-bond donors (Lipinski definition) is 2. The molecule has 1 heterocycles. The lowest BCUT2D eigenvalue weighted by atomic mass is 10.3. The highest BCUT2D eigenvalue weighted by Gasteiger charge is 2.04. The smallest absolute Gasteiger partial charge is 0.165 e. The molecule has 1 aromatic heterocycles. The molecule has 0 saturated heterocycles. The number of aromatic nitrogens is 2. The van der Waals surface area contributed by atoms with E-state index in [0.717, 1.165) is 5.69 Å². The molecule has 0 aliphatic rings. The first-order valence-corrected chi connectivity index (χ1v) is 6.02. The molecular formula is C15H12N2O3. The molecule has 0 spiro atoms. The first kappa shape index (κ1) is 12.1. The zero-order valence-corrected chi connectivity index (χ0v) is 10.5. The van der Waals surface area contributed by atoms with E-state index in [-0.39, 0.29) is 11.5 Å². The molecule has 0 saturated carbocycles. The molecule has 0 aliphatic heterocycles. The van der Waals surface area contributed by atoms with E-state index in [1.807, 2.05) is 0 Å². The van der Waals surface area contributed by atoms with E-state index < -0.39 is 0 Å². The van der Waals surface area contributed by atoms with Crippen molar-refractivity contribution in [3.05, 3.63) is 60.9 Å². The van der Waals surface area contributed by atoms with E-state index in [0.29, 0.717) is 11.5 Å². The van der Waals surface area contributed by atoms with Crippen LogP contribution in [0.15, 0.2) is 60.9 Å². The summed E-state index contributed by atoms with van der Waals surface area (Å²) < 4.78 is 7.23. The normalized spacial score (nSPS) is 10.4. The van der Waals surface area contributed by atoms with Crippen molar-refractivity contribution in [2.24, 2.45) is 0 Å². The zero-order valence-electron chi connectivity index (χ0n) is 10.5. The van der Waals surface area contributed by atoms with Crippen LogP contribution in [0.1, 0.15) is 0 Å². The van der Waals surface area contributed by atoms with E-state index in [2.05, 4.69) is 5.10 Å². The minimum absolute atomic E-state index is 0.147. The Morgan fingerprint density at radius 2 is 1.70 bits per heavy atom. The van der Waals surface area contributed by atoms with Gasteiger partial charge in [0, 0.05) is 6.07 Å². The summed E-state index contributed by atoms with van der Waals surface area (Å²) in [5, 5.41) is 22.8. The number of phenolic OH excluding ortho intramolecular Hbond substituents is 2. The van der Waals surface area contributed by atoms with Gasteiger partial charge in [-0.25, -0.2) is 4.68 Å². The highest BCUT2D eigenvalue weighted by Crippen LogP contribution is 2.25. The van der Waals surface area contributed by atoms with Gasteiger partial charge < -0.3 is 14.9 Å². The third kappa shape index (κ3) is 2.56. The predicted octanol–water partition coefficient (Wildman–Crippen LogP) is 3.08. The van der Waals surface area contributed by atoms with Crippen LogP contribution in [-0.2, 0) is 0 Å². The van der Waals surface area contributed by atoms with E-state index in [1.165, 1.54) is 6.07 Å². The lowest BCUT2D eigenvalue weighted by Gasteiger charge is -2.03. The van der Waals surface area contributed by atoms with Crippen LogP contribution < -0.4 is 4.74 Å². The molecule has 0 amide bonds. The van der Waals surface area contributed by atoms with Crippen molar-refractivity contribution >= 4 is 0 Å². The third-order valence-electron chi connectivity index (χ3n) is 2.73. The standard InChI is InChI=1S/C15H12N2O3/c18-12-6-4-11(5-7-12)17-10-15(9-16-17)20-14-3-1-2-13(19)8-14/h1-10,18-19H. The van der Waals surface area contributed by atoms with Crippen LogP contribution in [0, 0.1) is 0 Å². The summed E-state index contributed by atoms with van der Waals surface area (Å²) in [5.74, 6) is 1.45. The lowest BCUT2D eigenvalue weighted by molar-refractivity contribution is 0.455. The maximum atomic E-state index is 9.38. The second kappa shape index (κ2) is 4.97. The van der Waals surface area contributed by atoms with Crippen molar-refractivity contribution < 1.29 is 14.9 Å². The Kier molecular flexibility index (Phi) is 3.01. The third-order valence-corrected chi connectivity index (χ3v) is 2.73. The molecule has 0 radical (unpaired) electrons. The van der Waals surface area contributed by atoms with Gasteiger partial charge in [-0.3, -0.25) is 0 Å². The Balaban J connectivity index is 1.82. The predicted molar refractivity (Wildman–Crippen MR) is 73.4 cm³/mol. The maximum absolute atomic E-state index is 9.38. The molecule has 5 heteroatoms. The topological polar surface area (TPSA) is 67.5 Å². The summed E-state index contributed by atoms with van der Waals surface area (Å²) >= 11 is 0. The number of phenols is 2. The van der Waals surface area contributed by atoms with E-state index in [9.17, 15) is 10.2 Å². The molecule has 0 bridgehead atoms. The van der Waals surface area contributed by atoms with E-state index in [4.69, 9.17) is 4.74 Å². The molecular weight excluding hydrogens is 256 g/mol. The fourth-order valence-corrected chi connectivity index (χ4v) is 1.79. The first-order chi connectivity index (χ1) is 9.70. The number of benzene rings is 2. The van der Waals surface area contributed by atoms with Gasteiger partial charge in [0.1, 0.15) is 17.2 Å². The Bertz CT molecular complexity index is 720. The van der Waals surface area contributed by atoms with E-state index in [1.54, 1.807) is 59.5 Å². The number of rotatable bonds is 3. The summed E-state index contributed by atoms with van der Waals surface area (Å²) in [7, 11) is 0. The van der Waals surface area contributed by atoms with Crippen molar-refractivity contribution in [1.29, 1.82) is 0 Å². The van der Waals surface area contributed by atoms with Crippen LogP contribution in [0.5, 0.6) is 23.0 Å². The number of hydrogen-bond acceptors (Lipinski definition) is 4. The maximum Gasteiger partial charge on any atom is 0.165 e. The van der Waals surface area contributed by atoms with Crippen LogP contribution in [0.3, 0.4) is 0 Å². The molecule has 0 aliphatic carbocycles. The van der Waals surface area contributed by atoms with Gasteiger partial charge >= 0.3 is 0 Å². The zero-order chi connectivity index (χ0) is 13.9. The first-order valence-electron chi connectivity index (χ1n) is 6.02. The Hall–Kier alpha value is -2.95. The Labute approximate surface area is 115 Å². The van der Waals surface area contributed by atoms with Crippen LogP contribution in [0.25, 0.3) is 5.69 Å². The molecule has 3 aromatic rings. The van der Waals surface area contributed by atoms with Gasteiger partial charge in [0.2, 0.25) is 0 Å². The van der Waals surface area contributed by atoms with Gasteiger partial charge in [-0.2, -0.15) is 5.10 Å². The average molecular weight is 268 g/mol. The SMILES string of the molecule is Oc1ccc(-n2cc(Oc3cccc(O)c3)cn2)cc1. The molecule has 5 nitrogen and oxygen atoms in total.